The van der Waals surface area contributed by atoms with Crippen molar-refractivity contribution < 1.29 is 38.5 Å². The molecule has 1 aromatic carbocycles. The van der Waals surface area contributed by atoms with Crippen LogP contribution in [0.1, 0.15) is 158 Å². The first-order chi connectivity index (χ1) is 25.1. The van der Waals surface area contributed by atoms with Crippen molar-refractivity contribution in [1.29, 1.82) is 0 Å². The number of phenols is 1. The summed E-state index contributed by atoms with van der Waals surface area (Å²) in [6.45, 7) is 31.5. The summed E-state index contributed by atoms with van der Waals surface area (Å²) in [4.78, 5) is 55.1. The van der Waals surface area contributed by atoms with E-state index in [1.165, 1.54) is 12.2 Å². The van der Waals surface area contributed by atoms with E-state index in [-0.39, 0.29) is 54.6 Å². The number of piperidine rings is 2. The molecule has 308 valence electrons. The van der Waals surface area contributed by atoms with E-state index in [0.717, 1.165) is 11.1 Å². The molecule has 0 unspecified atom stereocenters. The van der Waals surface area contributed by atoms with Crippen molar-refractivity contribution in [3.8, 4) is 11.5 Å². The normalized spacial score (nSPS) is 19.7. The van der Waals surface area contributed by atoms with Crippen LogP contribution in [0.15, 0.2) is 37.4 Å². The first kappa shape index (κ1) is 45.6. The van der Waals surface area contributed by atoms with Crippen molar-refractivity contribution in [2.75, 3.05) is 7.11 Å². The predicted molar refractivity (Wildman–Crippen MR) is 217 cm³/mol. The predicted octanol–water partition coefficient (Wildman–Crippen LogP) is 8.85. The largest absolute Gasteiger partial charge is 0.508 e. The molecule has 0 aromatic heterocycles. The molecule has 0 saturated carbocycles. The third-order valence-corrected chi connectivity index (χ3v) is 11.9. The zero-order valence-electron chi connectivity index (χ0n) is 36.1. The van der Waals surface area contributed by atoms with Gasteiger partial charge in [-0.2, -0.15) is 0 Å². The molecular formula is C45H70N2O8. The minimum absolute atomic E-state index is 0.126. The number of phenolic OH excluding ortho intramolecular Hbond substituents is 1. The maximum Gasteiger partial charge on any atom is 0.306 e. The van der Waals surface area contributed by atoms with Crippen LogP contribution < -0.4 is 4.74 Å². The van der Waals surface area contributed by atoms with E-state index in [4.69, 9.17) is 14.2 Å². The molecule has 2 amide bonds. The third kappa shape index (κ3) is 10.7. The van der Waals surface area contributed by atoms with Gasteiger partial charge in [0.15, 0.2) is 0 Å². The summed E-state index contributed by atoms with van der Waals surface area (Å²) < 4.78 is 17.8. The lowest BCUT2D eigenvalue weighted by atomic mass is 9.75. The van der Waals surface area contributed by atoms with E-state index < -0.39 is 33.0 Å². The SMILES string of the molecule is C=CC(=O)N1C(C)(C)CC(OC(=O)CCCC(C)(C)c2cc(OC)c(C(C)(C)CCCC(=O)OC3CC(C)(C)N(C(=O)C=C)C(C)(C)C3)cc2O)CC1(C)C. The number of carbonyl (C=O) groups is 4. The molecule has 1 N–H and O–H groups in total. The van der Waals surface area contributed by atoms with Gasteiger partial charge in [-0.15, -0.1) is 0 Å². The number of hydrogen-bond donors (Lipinski definition) is 1. The highest BCUT2D eigenvalue weighted by Gasteiger charge is 2.49. The lowest BCUT2D eigenvalue weighted by molar-refractivity contribution is -0.167. The van der Waals surface area contributed by atoms with Gasteiger partial charge in [0.2, 0.25) is 11.8 Å². The molecule has 0 bridgehead atoms. The molecular weight excluding hydrogens is 697 g/mol. The van der Waals surface area contributed by atoms with Gasteiger partial charge < -0.3 is 29.1 Å². The van der Waals surface area contributed by atoms with Crippen LogP contribution in [0.2, 0.25) is 0 Å². The minimum atomic E-state index is -0.494. The molecule has 10 nitrogen and oxygen atoms in total. The van der Waals surface area contributed by atoms with Crippen LogP contribution in [0.25, 0.3) is 0 Å². The Bertz CT molecular complexity index is 1580. The van der Waals surface area contributed by atoms with E-state index in [1.54, 1.807) is 13.2 Å². The van der Waals surface area contributed by atoms with E-state index >= 15 is 0 Å². The number of amides is 2. The summed E-state index contributed by atoms with van der Waals surface area (Å²) in [5, 5.41) is 11.4. The van der Waals surface area contributed by atoms with Crippen LogP contribution in [0.3, 0.4) is 0 Å². The van der Waals surface area contributed by atoms with Gasteiger partial charge in [-0.25, -0.2) is 0 Å². The number of ether oxygens (including phenoxy) is 3. The molecule has 55 heavy (non-hydrogen) atoms. The second kappa shape index (κ2) is 16.7. The van der Waals surface area contributed by atoms with Crippen molar-refractivity contribution in [2.45, 2.75) is 192 Å². The summed E-state index contributed by atoms with van der Waals surface area (Å²) in [6.07, 6.45) is 7.21. The molecule has 0 radical (unpaired) electrons. The standard InChI is InChI=1S/C45H70N2O8/c1-16-36(49)46-42(7,8)26-30(27-43(46,9)10)54-38(51)20-18-22-40(3,4)32-25-35(53-15)33(24-34(32)48)41(5,6)23-19-21-39(52)55-31-28-44(11,12)47(37(50)17-2)45(13,14)29-31/h16-17,24-25,30-31,48H,1-2,18-23,26-29H2,3-15H3. The van der Waals surface area contributed by atoms with Gasteiger partial charge in [0.1, 0.15) is 23.7 Å². The summed E-state index contributed by atoms with van der Waals surface area (Å²) >= 11 is 0. The lowest BCUT2D eigenvalue weighted by Gasteiger charge is -2.54. The molecule has 2 heterocycles. The number of methoxy groups -OCH3 is 1. The number of rotatable bonds is 15. The Hall–Kier alpha value is -3.82. The fourth-order valence-corrected chi connectivity index (χ4v) is 9.84. The van der Waals surface area contributed by atoms with Crippen molar-refractivity contribution in [1.82, 2.24) is 9.80 Å². The van der Waals surface area contributed by atoms with Gasteiger partial charge in [-0.05, 0) is 116 Å². The molecule has 10 heteroatoms. The average molecular weight is 767 g/mol. The Morgan fingerprint density at radius 1 is 0.691 bits per heavy atom. The van der Waals surface area contributed by atoms with Crippen molar-refractivity contribution in [2.24, 2.45) is 0 Å². The van der Waals surface area contributed by atoms with Crippen LogP contribution in [0.4, 0.5) is 0 Å². The molecule has 0 aliphatic carbocycles. The maximum absolute atomic E-state index is 13.1. The highest BCUT2D eigenvalue weighted by atomic mass is 16.5. The van der Waals surface area contributed by atoms with Gasteiger partial charge in [-0.3, -0.25) is 19.2 Å². The Kier molecular flexibility index (Phi) is 13.9. The Morgan fingerprint density at radius 2 is 1.04 bits per heavy atom. The van der Waals surface area contributed by atoms with Crippen molar-refractivity contribution in [3.05, 3.63) is 48.6 Å². The highest BCUT2D eigenvalue weighted by molar-refractivity contribution is 5.89. The van der Waals surface area contributed by atoms with Crippen LogP contribution in [-0.2, 0) is 39.5 Å². The van der Waals surface area contributed by atoms with E-state index in [0.29, 0.717) is 57.1 Å². The molecule has 2 aliphatic rings. The first-order valence-corrected chi connectivity index (χ1v) is 19.9. The summed E-state index contributed by atoms with van der Waals surface area (Å²) in [5.74, 6) is 0.0377. The van der Waals surface area contributed by atoms with Gasteiger partial charge in [0.25, 0.3) is 0 Å². The number of likely N-dealkylation sites (tertiary alicyclic amines) is 2. The number of benzene rings is 1. The van der Waals surface area contributed by atoms with Gasteiger partial charge in [0.05, 0.1) is 7.11 Å². The number of esters is 2. The van der Waals surface area contributed by atoms with Crippen LogP contribution >= 0.6 is 0 Å². The lowest BCUT2D eigenvalue weighted by Crippen LogP contribution is -2.64. The monoisotopic (exact) mass is 767 g/mol. The van der Waals surface area contributed by atoms with Crippen LogP contribution in [0, 0.1) is 0 Å². The quantitative estimate of drug-likeness (QED) is 0.139. The maximum atomic E-state index is 13.1. The van der Waals surface area contributed by atoms with Gasteiger partial charge >= 0.3 is 11.9 Å². The Morgan fingerprint density at radius 3 is 1.36 bits per heavy atom. The highest BCUT2D eigenvalue weighted by Crippen LogP contribution is 2.45. The van der Waals surface area contributed by atoms with Crippen molar-refractivity contribution in [3.63, 3.8) is 0 Å². The number of carbonyl (C=O) groups excluding carboxylic acids is 4. The average Bonchev–Trinajstić information content (AvgIpc) is 3.01. The van der Waals surface area contributed by atoms with E-state index in [1.807, 2.05) is 85.1 Å². The molecule has 2 saturated heterocycles. The number of aromatic hydroxyl groups is 1. The summed E-state index contributed by atoms with van der Waals surface area (Å²) in [7, 11) is 1.62. The molecule has 2 aliphatic heterocycles. The third-order valence-electron chi connectivity index (χ3n) is 11.9. The minimum Gasteiger partial charge on any atom is -0.508 e. The zero-order chi connectivity index (χ0) is 41.9. The zero-order valence-corrected chi connectivity index (χ0v) is 36.1. The number of nitrogens with zero attached hydrogens (tertiary/aromatic N) is 2. The molecule has 2 fully saturated rings. The molecule has 0 spiro atoms. The van der Waals surface area contributed by atoms with Crippen LogP contribution in [0.5, 0.6) is 11.5 Å². The van der Waals surface area contributed by atoms with Gasteiger partial charge in [-0.1, -0.05) is 40.9 Å². The Balaban J connectivity index is 1.59. The topological polar surface area (TPSA) is 123 Å². The van der Waals surface area contributed by atoms with E-state index in [9.17, 15) is 24.3 Å². The molecule has 1 aromatic rings. The second-order valence-electron chi connectivity index (χ2n) is 19.6. The van der Waals surface area contributed by atoms with E-state index in [2.05, 4.69) is 27.0 Å². The first-order valence-electron chi connectivity index (χ1n) is 19.9. The summed E-state index contributed by atoms with van der Waals surface area (Å²) in [6, 6.07) is 3.67. The second-order valence-corrected chi connectivity index (χ2v) is 19.6. The van der Waals surface area contributed by atoms with Crippen molar-refractivity contribution >= 4 is 23.8 Å². The number of hydrogen-bond acceptors (Lipinski definition) is 8. The Labute approximate surface area is 331 Å². The fraction of sp³-hybridized carbons (Fsp3) is 0.689. The molecule has 0 atom stereocenters. The van der Waals surface area contributed by atoms with Crippen LogP contribution in [-0.4, -0.2) is 80.1 Å². The van der Waals surface area contributed by atoms with Gasteiger partial charge in [0, 0.05) is 71.8 Å². The molecule has 3 rings (SSSR count). The summed E-state index contributed by atoms with van der Waals surface area (Å²) in [5.41, 5.74) is -1.29. The fourth-order valence-electron chi connectivity index (χ4n) is 9.84. The smallest absolute Gasteiger partial charge is 0.306 e.